The molecule has 1 fully saturated rings. The van der Waals surface area contributed by atoms with Gasteiger partial charge in [-0.3, -0.25) is 0 Å². The Bertz CT molecular complexity index is 329. The van der Waals surface area contributed by atoms with Crippen molar-refractivity contribution in [2.24, 2.45) is 5.92 Å². The Morgan fingerprint density at radius 3 is 2.06 bits per heavy atom. The van der Waals surface area contributed by atoms with Gasteiger partial charge in [0.05, 0.1) is 0 Å². The number of esters is 2. The topological polar surface area (TPSA) is 72.8 Å². The van der Waals surface area contributed by atoms with Crippen LogP contribution in [0.5, 0.6) is 0 Å². The Balaban J connectivity index is 2.98. The van der Waals surface area contributed by atoms with E-state index in [2.05, 4.69) is 0 Å². The fourth-order valence-corrected chi connectivity index (χ4v) is 1.38. The van der Waals surface area contributed by atoms with Crippen LogP contribution in [-0.2, 0) is 19.1 Å². The van der Waals surface area contributed by atoms with Crippen molar-refractivity contribution in [3.8, 4) is 0 Å². The van der Waals surface area contributed by atoms with Crippen LogP contribution in [0, 0.1) is 5.92 Å². The molecule has 0 unspecified atom stereocenters. The molecule has 0 aromatic carbocycles. The average Bonchev–Trinajstić information content (AvgIpc) is 1.96. The van der Waals surface area contributed by atoms with Crippen LogP contribution in [0.25, 0.3) is 0 Å². The molecule has 0 amide bonds. The summed E-state index contributed by atoms with van der Waals surface area (Å²) in [5, 5.41) is 9.63. The van der Waals surface area contributed by atoms with Crippen molar-refractivity contribution >= 4 is 11.9 Å². The lowest BCUT2D eigenvalue weighted by molar-refractivity contribution is -0.222. The van der Waals surface area contributed by atoms with Crippen LogP contribution < -0.4 is 0 Å². The van der Waals surface area contributed by atoms with Crippen molar-refractivity contribution in [1.82, 2.24) is 0 Å². The van der Waals surface area contributed by atoms with E-state index < -0.39 is 23.3 Å². The van der Waals surface area contributed by atoms with Crippen LogP contribution >= 0.6 is 0 Å². The Labute approximate surface area is 94.0 Å². The summed E-state index contributed by atoms with van der Waals surface area (Å²) < 4.78 is 9.72. The maximum atomic E-state index is 11.5. The summed E-state index contributed by atoms with van der Waals surface area (Å²) in [5.41, 5.74) is -0.395. The second kappa shape index (κ2) is 4.15. The lowest BCUT2D eigenvalue weighted by Crippen LogP contribution is -2.42. The third-order valence-electron chi connectivity index (χ3n) is 1.98. The molecule has 5 nitrogen and oxygen atoms in total. The minimum Gasteiger partial charge on any atom is -0.511 e. The summed E-state index contributed by atoms with van der Waals surface area (Å²) in [6, 6.07) is 0. The van der Waals surface area contributed by atoms with Gasteiger partial charge in [-0.1, -0.05) is 13.8 Å². The molecular formula is C11H16O5. The van der Waals surface area contributed by atoms with Crippen molar-refractivity contribution < 1.29 is 24.2 Å². The number of carbonyl (C=O) groups is 2. The number of ether oxygens (including phenoxy) is 2. The van der Waals surface area contributed by atoms with E-state index >= 15 is 0 Å². The first-order valence-corrected chi connectivity index (χ1v) is 5.11. The first-order chi connectivity index (χ1) is 7.23. The van der Waals surface area contributed by atoms with Crippen LogP contribution in [0.3, 0.4) is 0 Å². The van der Waals surface area contributed by atoms with Crippen molar-refractivity contribution in [1.29, 1.82) is 0 Å². The van der Waals surface area contributed by atoms with Crippen LogP contribution in [0.4, 0.5) is 0 Å². The van der Waals surface area contributed by atoms with Gasteiger partial charge in [-0.25, -0.2) is 9.59 Å². The highest BCUT2D eigenvalue weighted by Gasteiger charge is 2.41. The van der Waals surface area contributed by atoms with Crippen molar-refractivity contribution in [3.05, 3.63) is 11.3 Å². The van der Waals surface area contributed by atoms with Gasteiger partial charge in [0, 0.05) is 20.3 Å². The van der Waals surface area contributed by atoms with E-state index in [1.165, 1.54) is 13.8 Å². The van der Waals surface area contributed by atoms with Gasteiger partial charge in [0.25, 0.3) is 5.79 Å². The van der Waals surface area contributed by atoms with E-state index in [0.29, 0.717) is 0 Å². The first kappa shape index (κ1) is 12.5. The molecule has 0 spiro atoms. The molecule has 1 heterocycles. The molecule has 1 rings (SSSR count). The Morgan fingerprint density at radius 2 is 1.69 bits per heavy atom. The fraction of sp³-hybridized carbons (Fsp3) is 0.636. The minimum absolute atomic E-state index is 0.128. The van der Waals surface area contributed by atoms with Crippen molar-refractivity contribution in [3.63, 3.8) is 0 Å². The lowest BCUT2D eigenvalue weighted by Gasteiger charge is -2.30. The number of rotatable bonds is 2. The predicted octanol–water partition coefficient (Wildman–Crippen LogP) is 1.68. The van der Waals surface area contributed by atoms with E-state index in [9.17, 15) is 14.7 Å². The monoisotopic (exact) mass is 228 g/mol. The third-order valence-corrected chi connectivity index (χ3v) is 1.98. The van der Waals surface area contributed by atoms with Crippen LogP contribution in [0.15, 0.2) is 11.3 Å². The van der Waals surface area contributed by atoms with Gasteiger partial charge in [0.1, 0.15) is 5.76 Å². The van der Waals surface area contributed by atoms with E-state index in [-0.39, 0.29) is 18.1 Å². The molecule has 1 aliphatic heterocycles. The maximum absolute atomic E-state index is 11.5. The number of allylic oxidation sites excluding steroid dienone is 1. The Hall–Kier alpha value is -1.52. The Morgan fingerprint density at radius 1 is 1.25 bits per heavy atom. The van der Waals surface area contributed by atoms with Gasteiger partial charge >= 0.3 is 11.9 Å². The minimum atomic E-state index is -1.27. The number of carbonyl (C=O) groups excluding carboxylic acids is 2. The van der Waals surface area contributed by atoms with Gasteiger partial charge in [0.2, 0.25) is 0 Å². The van der Waals surface area contributed by atoms with Gasteiger partial charge in [0.15, 0.2) is 5.57 Å². The Kier molecular flexibility index (Phi) is 3.26. The number of hydrogen-bond acceptors (Lipinski definition) is 5. The summed E-state index contributed by atoms with van der Waals surface area (Å²) in [6.07, 6.45) is 0.236. The molecular weight excluding hydrogens is 212 g/mol. The molecule has 5 heteroatoms. The highest BCUT2D eigenvalue weighted by atomic mass is 16.7. The number of aliphatic hydroxyl groups is 1. The molecule has 0 aliphatic carbocycles. The zero-order valence-electron chi connectivity index (χ0n) is 9.86. The van der Waals surface area contributed by atoms with E-state index in [4.69, 9.17) is 9.47 Å². The van der Waals surface area contributed by atoms with Gasteiger partial charge in [-0.05, 0) is 5.92 Å². The first-order valence-electron chi connectivity index (χ1n) is 5.11. The van der Waals surface area contributed by atoms with Gasteiger partial charge in [-0.15, -0.1) is 0 Å². The van der Waals surface area contributed by atoms with Crippen molar-refractivity contribution in [2.75, 3.05) is 0 Å². The average molecular weight is 228 g/mol. The largest absolute Gasteiger partial charge is 0.511 e. The molecule has 0 radical (unpaired) electrons. The number of aliphatic hydroxyl groups excluding tert-OH is 1. The SMILES string of the molecule is CC(C)CC(O)=C1C(=O)OC(C)(C)OC1=O. The summed E-state index contributed by atoms with van der Waals surface area (Å²) >= 11 is 0. The predicted molar refractivity (Wildman–Crippen MR) is 55.4 cm³/mol. The maximum Gasteiger partial charge on any atom is 0.352 e. The van der Waals surface area contributed by atoms with E-state index in [1.807, 2.05) is 13.8 Å². The smallest absolute Gasteiger partial charge is 0.352 e. The number of hydrogen-bond donors (Lipinski definition) is 1. The molecule has 0 saturated carbocycles. The fourth-order valence-electron chi connectivity index (χ4n) is 1.38. The van der Waals surface area contributed by atoms with Crippen molar-refractivity contribution in [2.45, 2.75) is 39.9 Å². The van der Waals surface area contributed by atoms with Crippen LogP contribution in [0.2, 0.25) is 0 Å². The van der Waals surface area contributed by atoms with Crippen LogP contribution in [0.1, 0.15) is 34.1 Å². The van der Waals surface area contributed by atoms with Gasteiger partial charge < -0.3 is 14.6 Å². The zero-order valence-corrected chi connectivity index (χ0v) is 9.86. The van der Waals surface area contributed by atoms with Crippen LogP contribution in [-0.4, -0.2) is 22.8 Å². The summed E-state index contributed by atoms with van der Waals surface area (Å²) in [5.74, 6) is -3.09. The lowest BCUT2D eigenvalue weighted by atomic mass is 10.0. The zero-order chi connectivity index (χ0) is 12.5. The van der Waals surface area contributed by atoms with Gasteiger partial charge in [-0.2, -0.15) is 0 Å². The summed E-state index contributed by atoms with van der Waals surface area (Å²) in [7, 11) is 0. The molecule has 0 atom stereocenters. The normalized spacial score (nSPS) is 19.4. The highest BCUT2D eigenvalue weighted by Crippen LogP contribution is 2.25. The number of cyclic esters (lactones) is 2. The van der Waals surface area contributed by atoms with E-state index in [1.54, 1.807) is 0 Å². The highest BCUT2D eigenvalue weighted by molar-refractivity contribution is 6.15. The molecule has 0 aromatic heterocycles. The molecule has 90 valence electrons. The molecule has 16 heavy (non-hydrogen) atoms. The van der Waals surface area contributed by atoms with E-state index in [0.717, 1.165) is 0 Å². The third kappa shape index (κ3) is 2.74. The molecule has 1 saturated heterocycles. The molecule has 1 N–H and O–H groups in total. The quantitative estimate of drug-likeness (QED) is 0.337. The standard InChI is InChI=1S/C11H16O5/c1-6(2)5-7(12)8-9(13)15-11(3,4)16-10(8)14/h6,12H,5H2,1-4H3. The summed E-state index contributed by atoms with van der Waals surface area (Å²) in [6.45, 7) is 6.64. The second-order valence-electron chi connectivity index (χ2n) is 4.60. The molecule has 0 aromatic rings. The second-order valence-corrected chi connectivity index (χ2v) is 4.60. The summed E-state index contributed by atoms with van der Waals surface area (Å²) in [4.78, 5) is 23.0. The molecule has 1 aliphatic rings. The molecule has 0 bridgehead atoms.